The van der Waals surface area contributed by atoms with Crippen LogP contribution in [0.5, 0.6) is 0 Å². The van der Waals surface area contributed by atoms with Gasteiger partial charge in [-0.1, -0.05) is 13.8 Å². The van der Waals surface area contributed by atoms with Crippen LogP contribution in [0.1, 0.15) is 48.9 Å². The molecule has 0 saturated heterocycles. The van der Waals surface area contributed by atoms with Gasteiger partial charge in [0.25, 0.3) is 6.29 Å². The topological polar surface area (TPSA) is 120 Å². The summed E-state index contributed by atoms with van der Waals surface area (Å²) in [6.07, 6.45) is -1.10. The minimum absolute atomic E-state index is 0.0891. The van der Waals surface area contributed by atoms with E-state index in [1.807, 2.05) is 0 Å². The molecule has 1 aromatic carbocycles. The lowest BCUT2D eigenvalue weighted by Gasteiger charge is -2.18. The first-order valence-corrected chi connectivity index (χ1v) is 7.55. The second-order valence-corrected chi connectivity index (χ2v) is 5.07. The monoisotopic (exact) mass is 348 g/mol. The maximum Gasteiger partial charge on any atom is 0.351 e. The molecule has 1 heterocycles. The molecule has 1 N–H and O–H groups in total. The highest BCUT2D eigenvalue weighted by Crippen LogP contribution is 2.25. The van der Waals surface area contributed by atoms with E-state index in [4.69, 9.17) is 19.0 Å². The zero-order valence-electron chi connectivity index (χ0n) is 13.6. The molecule has 0 bridgehead atoms. The minimum Gasteiger partial charge on any atom is -0.477 e. The number of carbonyl (C=O) groups is 3. The van der Waals surface area contributed by atoms with Crippen molar-refractivity contribution < 1.29 is 33.4 Å². The Morgan fingerprint density at radius 1 is 1.08 bits per heavy atom. The van der Waals surface area contributed by atoms with Gasteiger partial charge in [0.1, 0.15) is 11.1 Å². The summed E-state index contributed by atoms with van der Waals surface area (Å²) in [5, 5.41) is 9.30. The predicted molar refractivity (Wildman–Crippen MR) is 85.0 cm³/mol. The quantitative estimate of drug-likeness (QED) is 0.480. The zero-order valence-corrected chi connectivity index (χ0v) is 13.6. The Bertz CT molecular complexity index is 862. The number of fused-ring (bicyclic) bond motifs is 1. The van der Waals surface area contributed by atoms with Crippen LogP contribution in [0.3, 0.4) is 0 Å². The van der Waals surface area contributed by atoms with E-state index in [0.29, 0.717) is 10.9 Å². The first kappa shape index (κ1) is 18.2. The van der Waals surface area contributed by atoms with Crippen molar-refractivity contribution in [1.82, 2.24) is 0 Å². The Labute approximate surface area is 142 Å². The SMILES string of the molecule is CCC(=O)OC(OC(=O)CC)c1ccc2oc(=O)c(C(=O)O)cc2c1. The van der Waals surface area contributed by atoms with Gasteiger partial charge < -0.3 is 19.0 Å². The average molecular weight is 348 g/mol. The summed E-state index contributed by atoms with van der Waals surface area (Å²) >= 11 is 0. The lowest BCUT2D eigenvalue weighted by Crippen LogP contribution is -2.17. The van der Waals surface area contributed by atoms with Gasteiger partial charge in [0, 0.05) is 23.8 Å². The summed E-state index contributed by atoms with van der Waals surface area (Å²) in [5.74, 6) is -2.56. The van der Waals surface area contributed by atoms with Crippen LogP contribution in [0.15, 0.2) is 33.5 Å². The van der Waals surface area contributed by atoms with E-state index < -0.39 is 35.4 Å². The fraction of sp³-hybridized carbons (Fsp3) is 0.294. The van der Waals surface area contributed by atoms with E-state index in [9.17, 15) is 19.2 Å². The van der Waals surface area contributed by atoms with Crippen LogP contribution in [0.2, 0.25) is 0 Å². The molecule has 0 aliphatic carbocycles. The van der Waals surface area contributed by atoms with E-state index in [1.54, 1.807) is 13.8 Å². The van der Waals surface area contributed by atoms with Crippen LogP contribution in [0.25, 0.3) is 11.0 Å². The van der Waals surface area contributed by atoms with Gasteiger partial charge in [-0.2, -0.15) is 0 Å². The number of esters is 2. The van der Waals surface area contributed by atoms with Gasteiger partial charge in [-0.25, -0.2) is 9.59 Å². The number of carbonyl (C=O) groups excluding carboxylic acids is 2. The molecule has 0 fully saturated rings. The van der Waals surface area contributed by atoms with Gasteiger partial charge >= 0.3 is 23.5 Å². The molecule has 0 aliphatic heterocycles. The van der Waals surface area contributed by atoms with Gasteiger partial charge in [-0.15, -0.1) is 0 Å². The Kier molecular flexibility index (Phi) is 5.53. The third kappa shape index (κ3) is 4.23. The van der Waals surface area contributed by atoms with Crippen molar-refractivity contribution in [1.29, 1.82) is 0 Å². The van der Waals surface area contributed by atoms with Crippen molar-refractivity contribution in [3.05, 3.63) is 45.8 Å². The van der Waals surface area contributed by atoms with Crippen molar-refractivity contribution in [2.75, 3.05) is 0 Å². The average Bonchev–Trinajstić information content (AvgIpc) is 2.59. The van der Waals surface area contributed by atoms with Gasteiger partial charge in [-0.3, -0.25) is 9.59 Å². The molecule has 0 saturated carbocycles. The molecule has 132 valence electrons. The van der Waals surface area contributed by atoms with E-state index in [0.717, 1.165) is 6.07 Å². The highest BCUT2D eigenvalue weighted by atomic mass is 16.7. The Morgan fingerprint density at radius 3 is 2.20 bits per heavy atom. The third-order valence-electron chi connectivity index (χ3n) is 3.31. The number of ether oxygens (including phenoxy) is 2. The van der Waals surface area contributed by atoms with E-state index in [2.05, 4.69) is 0 Å². The maximum absolute atomic E-state index is 11.6. The summed E-state index contributed by atoms with van der Waals surface area (Å²) in [4.78, 5) is 45.8. The number of rotatable bonds is 6. The molecule has 25 heavy (non-hydrogen) atoms. The zero-order chi connectivity index (χ0) is 18.6. The molecule has 0 unspecified atom stereocenters. The van der Waals surface area contributed by atoms with Crippen LogP contribution < -0.4 is 5.63 Å². The van der Waals surface area contributed by atoms with Crippen molar-refractivity contribution in [3.8, 4) is 0 Å². The first-order chi connectivity index (χ1) is 11.8. The number of hydrogen-bond acceptors (Lipinski definition) is 7. The molecule has 8 nitrogen and oxygen atoms in total. The second-order valence-electron chi connectivity index (χ2n) is 5.07. The van der Waals surface area contributed by atoms with Crippen LogP contribution in [-0.4, -0.2) is 23.0 Å². The largest absolute Gasteiger partial charge is 0.477 e. The van der Waals surface area contributed by atoms with Gasteiger partial charge in [0.15, 0.2) is 0 Å². The number of carboxylic acid groups (broad SMARTS) is 1. The summed E-state index contributed by atoms with van der Waals surface area (Å²) in [5.41, 5.74) is -1.04. The molecular weight excluding hydrogens is 332 g/mol. The number of benzene rings is 1. The predicted octanol–water partition coefficient (Wildman–Crippen LogP) is 2.40. The highest BCUT2D eigenvalue weighted by molar-refractivity contribution is 5.91. The lowest BCUT2D eigenvalue weighted by molar-refractivity contribution is -0.189. The van der Waals surface area contributed by atoms with Crippen molar-refractivity contribution in [2.24, 2.45) is 0 Å². The summed E-state index contributed by atoms with van der Waals surface area (Å²) in [6.45, 7) is 3.18. The van der Waals surface area contributed by atoms with Crippen molar-refractivity contribution in [2.45, 2.75) is 33.0 Å². The van der Waals surface area contributed by atoms with Gasteiger partial charge in [-0.05, 0) is 24.3 Å². The molecule has 0 atom stereocenters. The Hall–Kier alpha value is -3.16. The fourth-order valence-electron chi connectivity index (χ4n) is 2.00. The van der Waals surface area contributed by atoms with Crippen LogP contribution >= 0.6 is 0 Å². The molecular formula is C17H16O8. The van der Waals surface area contributed by atoms with E-state index >= 15 is 0 Å². The molecule has 0 aliphatic rings. The molecule has 2 rings (SSSR count). The lowest BCUT2D eigenvalue weighted by atomic mass is 10.1. The minimum atomic E-state index is -1.42. The van der Waals surface area contributed by atoms with Crippen LogP contribution in [0.4, 0.5) is 0 Å². The highest BCUT2D eigenvalue weighted by Gasteiger charge is 2.21. The Morgan fingerprint density at radius 2 is 1.68 bits per heavy atom. The maximum atomic E-state index is 11.6. The van der Waals surface area contributed by atoms with E-state index in [1.165, 1.54) is 18.2 Å². The summed E-state index contributed by atoms with van der Waals surface area (Å²) in [6, 6.07) is 5.45. The smallest absolute Gasteiger partial charge is 0.351 e. The molecule has 0 radical (unpaired) electrons. The third-order valence-corrected chi connectivity index (χ3v) is 3.31. The molecule has 8 heteroatoms. The first-order valence-electron chi connectivity index (χ1n) is 7.55. The normalized spacial score (nSPS) is 10.7. The number of aromatic carboxylic acids is 1. The summed E-state index contributed by atoms with van der Waals surface area (Å²) < 4.78 is 15.2. The molecule has 1 aromatic heterocycles. The van der Waals surface area contributed by atoms with Gasteiger partial charge in [0.05, 0.1) is 0 Å². The number of hydrogen-bond donors (Lipinski definition) is 1. The van der Waals surface area contributed by atoms with Crippen molar-refractivity contribution in [3.63, 3.8) is 0 Å². The van der Waals surface area contributed by atoms with E-state index in [-0.39, 0.29) is 18.4 Å². The van der Waals surface area contributed by atoms with Crippen LogP contribution in [0, 0.1) is 0 Å². The molecule has 2 aromatic rings. The molecule has 0 spiro atoms. The fourth-order valence-corrected chi connectivity index (χ4v) is 2.00. The standard InChI is InChI=1S/C17H16O8/c1-3-13(18)24-17(25-14(19)4-2)9-5-6-12-10(7-9)8-11(15(20)21)16(22)23-12/h5-8,17H,3-4H2,1-2H3,(H,20,21). The molecule has 0 amide bonds. The number of carboxylic acids is 1. The second kappa shape index (κ2) is 7.61. The Balaban J connectivity index is 2.49. The van der Waals surface area contributed by atoms with Crippen LogP contribution in [-0.2, 0) is 19.1 Å². The summed E-state index contributed by atoms with van der Waals surface area (Å²) in [7, 11) is 0. The van der Waals surface area contributed by atoms with Gasteiger partial charge in [0.2, 0.25) is 0 Å². The van der Waals surface area contributed by atoms with Crippen molar-refractivity contribution >= 4 is 28.9 Å².